The van der Waals surface area contributed by atoms with Crippen molar-refractivity contribution in [2.75, 3.05) is 13.1 Å². The summed E-state index contributed by atoms with van der Waals surface area (Å²) in [6, 6.07) is 10.7. The first-order chi connectivity index (χ1) is 8.42. The summed E-state index contributed by atoms with van der Waals surface area (Å²) >= 11 is 0. The molecular formula is C14H17N3. The first-order valence-corrected chi connectivity index (χ1v) is 6.19. The lowest BCUT2D eigenvalue weighted by Crippen LogP contribution is -2.26. The van der Waals surface area contributed by atoms with Crippen LogP contribution in [0.5, 0.6) is 0 Å². The van der Waals surface area contributed by atoms with Crippen LogP contribution in [0.3, 0.4) is 0 Å². The SMILES string of the molecule is c1ccc(CN2CCc3c[nH]nc3CC2)cc1. The second-order valence-corrected chi connectivity index (χ2v) is 4.62. The molecule has 2 aromatic rings. The Hall–Kier alpha value is -1.61. The van der Waals surface area contributed by atoms with Crippen LogP contribution in [0.25, 0.3) is 0 Å². The van der Waals surface area contributed by atoms with E-state index >= 15 is 0 Å². The molecule has 0 saturated heterocycles. The molecule has 1 aromatic heterocycles. The molecule has 0 fully saturated rings. The van der Waals surface area contributed by atoms with E-state index in [2.05, 4.69) is 45.4 Å². The highest BCUT2D eigenvalue weighted by atomic mass is 15.1. The van der Waals surface area contributed by atoms with Gasteiger partial charge in [0.25, 0.3) is 0 Å². The van der Waals surface area contributed by atoms with Crippen LogP contribution >= 0.6 is 0 Å². The van der Waals surface area contributed by atoms with E-state index in [0.717, 1.165) is 32.5 Å². The Morgan fingerprint density at radius 2 is 1.94 bits per heavy atom. The number of nitrogens with one attached hydrogen (secondary N) is 1. The van der Waals surface area contributed by atoms with Gasteiger partial charge in [-0.05, 0) is 17.5 Å². The van der Waals surface area contributed by atoms with E-state index in [9.17, 15) is 0 Å². The molecule has 0 aliphatic carbocycles. The van der Waals surface area contributed by atoms with Crippen LogP contribution in [0.15, 0.2) is 36.5 Å². The molecule has 1 aromatic carbocycles. The summed E-state index contributed by atoms with van der Waals surface area (Å²) in [4.78, 5) is 2.51. The second-order valence-electron chi connectivity index (χ2n) is 4.62. The topological polar surface area (TPSA) is 31.9 Å². The van der Waals surface area contributed by atoms with E-state index in [0.29, 0.717) is 0 Å². The molecule has 1 N–H and O–H groups in total. The number of hydrogen-bond donors (Lipinski definition) is 1. The van der Waals surface area contributed by atoms with Gasteiger partial charge in [-0.3, -0.25) is 10.00 Å². The zero-order chi connectivity index (χ0) is 11.5. The molecule has 2 heterocycles. The second kappa shape index (κ2) is 4.72. The molecule has 17 heavy (non-hydrogen) atoms. The van der Waals surface area contributed by atoms with Crippen LogP contribution in [0, 0.1) is 0 Å². The third kappa shape index (κ3) is 2.39. The van der Waals surface area contributed by atoms with Gasteiger partial charge in [0.1, 0.15) is 0 Å². The lowest BCUT2D eigenvalue weighted by molar-refractivity contribution is 0.278. The average molecular weight is 227 g/mol. The maximum Gasteiger partial charge on any atom is 0.0667 e. The fourth-order valence-electron chi connectivity index (χ4n) is 2.43. The molecule has 0 bridgehead atoms. The van der Waals surface area contributed by atoms with Crippen LogP contribution in [-0.4, -0.2) is 28.2 Å². The van der Waals surface area contributed by atoms with Crippen molar-refractivity contribution in [1.82, 2.24) is 15.1 Å². The van der Waals surface area contributed by atoms with Gasteiger partial charge in [-0.15, -0.1) is 0 Å². The molecule has 88 valence electrons. The fourth-order valence-corrected chi connectivity index (χ4v) is 2.43. The van der Waals surface area contributed by atoms with Crippen molar-refractivity contribution in [1.29, 1.82) is 0 Å². The summed E-state index contributed by atoms with van der Waals surface area (Å²) in [5, 5.41) is 7.27. The van der Waals surface area contributed by atoms with Gasteiger partial charge in [0, 0.05) is 32.3 Å². The first kappa shape index (κ1) is 10.5. The van der Waals surface area contributed by atoms with E-state index in [1.165, 1.54) is 16.8 Å². The van der Waals surface area contributed by atoms with Crippen molar-refractivity contribution in [3.63, 3.8) is 0 Å². The monoisotopic (exact) mass is 227 g/mol. The number of aromatic nitrogens is 2. The lowest BCUT2D eigenvalue weighted by Gasteiger charge is -2.19. The Labute approximate surface area is 101 Å². The molecule has 0 saturated carbocycles. The largest absolute Gasteiger partial charge is 0.298 e. The molecular weight excluding hydrogens is 210 g/mol. The zero-order valence-corrected chi connectivity index (χ0v) is 9.89. The molecule has 0 spiro atoms. The summed E-state index contributed by atoms with van der Waals surface area (Å²) in [5.74, 6) is 0. The smallest absolute Gasteiger partial charge is 0.0667 e. The van der Waals surface area contributed by atoms with E-state index in [-0.39, 0.29) is 0 Å². The highest BCUT2D eigenvalue weighted by molar-refractivity contribution is 5.19. The molecule has 0 amide bonds. The van der Waals surface area contributed by atoms with Gasteiger partial charge in [0.05, 0.1) is 5.69 Å². The minimum absolute atomic E-state index is 1.05. The third-order valence-electron chi connectivity index (χ3n) is 3.42. The van der Waals surface area contributed by atoms with Crippen LogP contribution in [0.4, 0.5) is 0 Å². The van der Waals surface area contributed by atoms with Crippen molar-refractivity contribution in [3.05, 3.63) is 53.3 Å². The summed E-state index contributed by atoms with van der Waals surface area (Å²) in [5.41, 5.74) is 4.04. The van der Waals surface area contributed by atoms with E-state index in [1.54, 1.807) is 0 Å². The van der Waals surface area contributed by atoms with E-state index < -0.39 is 0 Å². The molecule has 3 rings (SSSR count). The van der Waals surface area contributed by atoms with Crippen LogP contribution < -0.4 is 0 Å². The minimum atomic E-state index is 1.05. The highest BCUT2D eigenvalue weighted by Gasteiger charge is 2.15. The van der Waals surface area contributed by atoms with Gasteiger partial charge in [0.15, 0.2) is 0 Å². The number of H-pyrrole nitrogens is 1. The normalized spacial score (nSPS) is 16.5. The number of hydrogen-bond acceptors (Lipinski definition) is 2. The summed E-state index contributed by atoms with van der Waals surface area (Å²) in [7, 11) is 0. The van der Waals surface area contributed by atoms with Crippen LogP contribution in [0.1, 0.15) is 16.8 Å². The molecule has 0 atom stereocenters. The minimum Gasteiger partial charge on any atom is -0.298 e. The lowest BCUT2D eigenvalue weighted by atomic mass is 10.2. The van der Waals surface area contributed by atoms with Crippen LogP contribution in [0.2, 0.25) is 0 Å². The van der Waals surface area contributed by atoms with Crippen molar-refractivity contribution < 1.29 is 0 Å². The summed E-state index contributed by atoms with van der Waals surface area (Å²) in [6.45, 7) is 3.28. The van der Waals surface area contributed by atoms with Crippen molar-refractivity contribution in [2.45, 2.75) is 19.4 Å². The number of benzene rings is 1. The predicted molar refractivity (Wildman–Crippen MR) is 67.7 cm³/mol. The molecule has 3 nitrogen and oxygen atoms in total. The predicted octanol–water partition coefficient (Wildman–Crippen LogP) is 2.01. The fraction of sp³-hybridized carbons (Fsp3) is 0.357. The summed E-state index contributed by atoms with van der Waals surface area (Å²) < 4.78 is 0. The average Bonchev–Trinajstić information content (AvgIpc) is 2.74. The molecule has 0 unspecified atom stereocenters. The van der Waals surface area contributed by atoms with Crippen molar-refractivity contribution >= 4 is 0 Å². The standard InChI is InChI=1S/C14H17N3/c1-2-4-12(5-3-1)11-17-8-6-13-10-15-16-14(13)7-9-17/h1-5,10H,6-9,11H2,(H,15,16). The Balaban J connectivity index is 1.66. The molecule has 1 aliphatic heterocycles. The van der Waals surface area contributed by atoms with Gasteiger partial charge in [-0.25, -0.2) is 0 Å². The molecule has 1 aliphatic rings. The number of rotatable bonds is 2. The highest BCUT2D eigenvalue weighted by Crippen LogP contribution is 2.14. The Morgan fingerprint density at radius 3 is 2.82 bits per heavy atom. The Morgan fingerprint density at radius 1 is 1.12 bits per heavy atom. The maximum atomic E-state index is 4.31. The molecule has 3 heteroatoms. The van der Waals surface area contributed by atoms with Gasteiger partial charge in [-0.1, -0.05) is 30.3 Å². The van der Waals surface area contributed by atoms with E-state index in [4.69, 9.17) is 0 Å². The Kier molecular flexibility index (Phi) is 2.92. The quantitative estimate of drug-likeness (QED) is 0.851. The number of aromatic amines is 1. The maximum absolute atomic E-state index is 4.31. The summed E-state index contributed by atoms with van der Waals surface area (Å²) in [6.07, 6.45) is 4.21. The van der Waals surface area contributed by atoms with Gasteiger partial charge in [0.2, 0.25) is 0 Å². The third-order valence-corrected chi connectivity index (χ3v) is 3.42. The number of fused-ring (bicyclic) bond motifs is 1. The number of nitrogens with zero attached hydrogens (tertiary/aromatic N) is 2. The van der Waals surface area contributed by atoms with Gasteiger partial charge < -0.3 is 0 Å². The first-order valence-electron chi connectivity index (χ1n) is 6.19. The van der Waals surface area contributed by atoms with Crippen molar-refractivity contribution in [3.8, 4) is 0 Å². The zero-order valence-electron chi connectivity index (χ0n) is 9.89. The van der Waals surface area contributed by atoms with Gasteiger partial charge in [-0.2, -0.15) is 5.10 Å². The van der Waals surface area contributed by atoms with E-state index in [1.807, 2.05) is 6.20 Å². The van der Waals surface area contributed by atoms with Gasteiger partial charge >= 0.3 is 0 Å². The van der Waals surface area contributed by atoms with Crippen molar-refractivity contribution in [2.24, 2.45) is 0 Å². The molecule has 0 radical (unpaired) electrons. The Bertz CT molecular complexity index is 453. The van der Waals surface area contributed by atoms with Crippen LogP contribution in [-0.2, 0) is 19.4 Å².